The second-order valence-electron chi connectivity index (χ2n) is 6.81. The Morgan fingerprint density at radius 3 is 2.73 bits per heavy atom. The van der Waals surface area contributed by atoms with Crippen molar-refractivity contribution in [1.29, 1.82) is 0 Å². The van der Waals surface area contributed by atoms with Gasteiger partial charge in [-0.2, -0.15) is 0 Å². The Kier molecular flexibility index (Phi) is 4.46. The number of benzene rings is 1. The summed E-state index contributed by atoms with van der Waals surface area (Å²) in [6.45, 7) is 6.56. The van der Waals surface area contributed by atoms with Crippen LogP contribution in [0.1, 0.15) is 39.5 Å². The average molecular weight is 299 g/mol. The van der Waals surface area contributed by atoms with Crippen LogP contribution in [0.2, 0.25) is 0 Å². The molecule has 2 aromatic rings. The van der Waals surface area contributed by atoms with Gasteiger partial charge >= 0.3 is 0 Å². The quantitative estimate of drug-likeness (QED) is 0.939. The monoisotopic (exact) mass is 299 g/mol. The number of aromatic nitrogens is 2. The van der Waals surface area contributed by atoms with Crippen LogP contribution < -0.4 is 10.5 Å². The number of nitrogens with zero attached hydrogens (tertiary/aromatic N) is 2. The second-order valence-corrected chi connectivity index (χ2v) is 6.81. The Morgan fingerprint density at radius 1 is 1.27 bits per heavy atom. The van der Waals surface area contributed by atoms with Gasteiger partial charge in [0.1, 0.15) is 0 Å². The normalized spacial score (nSPS) is 16.6. The molecule has 0 atom stereocenters. The van der Waals surface area contributed by atoms with Crippen molar-refractivity contribution in [1.82, 2.24) is 9.97 Å². The van der Waals surface area contributed by atoms with Crippen molar-refractivity contribution in [2.45, 2.75) is 39.5 Å². The van der Waals surface area contributed by atoms with Crippen LogP contribution in [-0.2, 0) is 0 Å². The highest BCUT2D eigenvalue weighted by atomic mass is 16.1. The number of rotatable bonds is 4. The van der Waals surface area contributed by atoms with Gasteiger partial charge in [0.25, 0.3) is 5.56 Å². The number of nitrogens with one attached hydrogen (secondary N) is 1. The fourth-order valence-corrected chi connectivity index (χ4v) is 3.23. The highest BCUT2D eigenvalue weighted by molar-refractivity contribution is 5.78. The zero-order valence-electron chi connectivity index (χ0n) is 13.5. The lowest BCUT2D eigenvalue weighted by atomic mass is 9.90. The number of aromatic amines is 1. The second kappa shape index (κ2) is 6.51. The Balaban J connectivity index is 1.70. The molecule has 1 aliphatic heterocycles. The largest absolute Gasteiger partial charge is 0.342 e. The zero-order valence-corrected chi connectivity index (χ0v) is 13.5. The summed E-state index contributed by atoms with van der Waals surface area (Å²) >= 11 is 0. The van der Waals surface area contributed by atoms with Crippen LogP contribution >= 0.6 is 0 Å². The summed E-state index contributed by atoms with van der Waals surface area (Å²) < 4.78 is 0. The van der Waals surface area contributed by atoms with Crippen LogP contribution in [0.15, 0.2) is 29.1 Å². The highest BCUT2D eigenvalue weighted by Crippen LogP contribution is 2.25. The molecule has 0 unspecified atom stereocenters. The van der Waals surface area contributed by atoms with Gasteiger partial charge in [-0.25, -0.2) is 4.98 Å². The SMILES string of the molecule is CC(C)CCC1CCN(c2nc3ccccc3c(=O)[nH]2)CC1. The summed E-state index contributed by atoms with van der Waals surface area (Å²) in [6, 6.07) is 7.53. The third kappa shape index (κ3) is 3.32. The van der Waals surface area contributed by atoms with E-state index < -0.39 is 0 Å². The molecule has 2 heterocycles. The first kappa shape index (κ1) is 15.1. The summed E-state index contributed by atoms with van der Waals surface area (Å²) in [4.78, 5) is 22.0. The van der Waals surface area contributed by atoms with Crippen LogP contribution in [0, 0.1) is 11.8 Å². The van der Waals surface area contributed by atoms with Gasteiger partial charge in [-0.15, -0.1) is 0 Å². The molecule has 3 rings (SSSR count). The van der Waals surface area contributed by atoms with Crippen LogP contribution in [-0.4, -0.2) is 23.1 Å². The number of piperidine rings is 1. The third-order valence-electron chi connectivity index (χ3n) is 4.67. The first-order valence-corrected chi connectivity index (χ1v) is 8.37. The summed E-state index contributed by atoms with van der Waals surface area (Å²) in [5, 5.41) is 0.665. The molecule has 0 bridgehead atoms. The molecule has 1 aromatic carbocycles. The molecule has 1 N–H and O–H groups in total. The first-order valence-electron chi connectivity index (χ1n) is 8.37. The standard InChI is InChI=1S/C18H25N3O/c1-13(2)7-8-14-9-11-21(12-10-14)18-19-16-6-4-3-5-15(16)17(22)20-18/h3-6,13-14H,7-12H2,1-2H3,(H,19,20,22). The van der Waals surface area contributed by atoms with Crippen LogP contribution in [0.25, 0.3) is 10.9 Å². The predicted octanol–water partition coefficient (Wildman–Crippen LogP) is 3.58. The minimum atomic E-state index is -0.0393. The van der Waals surface area contributed by atoms with Gasteiger partial charge in [0.2, 0.25) is 5.95 Å². The molecule has 0 amide bonds. The van der Waals surface area contributed by atoms with E-state index in [-0.39, 0.29) is 5.56 Å². The topological polar surface area (TPSA) is 49.0 Å². The molecule has 1 aliphatic rings. The lowest BCUT2D eigenvalue weighted by molar-refractivity contribution is 0.350. The maximum Gasteiger partial charge on any atom is 0.260 e. The molecular formula is C18H25N3O. The number of para-hydroxylation sites is 1. The predicted molar refractivity (Wildman–Crippen MR) is 91.4 cm³/mol. The minimum absolute atomic E-state index is 0.0393. The number of hydrogen-bond acceptors (Lipinski definition) is 3. The zero-order chi connectivity index (χ0) is 15.5. The van der Waals surface area contributed by atoms with E-state index in [1.54, 1.807) is 0 Å². The van der Waals surface area contributed by atoms with E-state index in [0.717, 1.165) is 36.4 Å². The van der Waals surface area contributed by atoms with Crippen molar-refractivity contribution in [3.63, 3.8) is 0 Å². The van der Waals surface area contributed by atoms with Gasteiger partial charge in [0.15, 0.2) is 0 Å². The van der Waals surface area contributed by atoms with Crippen LogP contribution in [0.5, 0.6) is 0 Å². The van der Waals surface area contributed by atoms with Crippen molar-refractivity contribution in [2.75, 3.05) is 18.0 Å². The van der Waals surface area contributed by atoms with Crippen molar-refractivity contribution in [3.8, 4) is 0 Å². The van der Waals surface area contributed by atoms with E-state index in [2.05, 4.69) is 28.7 Å². The molecule has 1 saturated heterocycles. The maximum absolute atomic E-state index is 12.2. The van der Waals surface area contributed by atoms with Gasteiger partial charge < -0.3 is 4.90 Å². The molecule has 0 radical (unpaired) electrons. The Morgan fingerprint density at radius 2 is 2.00 bits per heavy atom. The molecule has 1 aromatic heterocycles. The Hall–Kier alpha value is -1.84. The van der Waals surface area contributed by atoms with E-state index in [0.29, 0.717) is 5.39 Å². The van der Waals surface area contributed by atoms with Crippen molar-refractivity contribution in [2.24, 2.45) is 11.8 Å². The lowest BCUT2D eigenvalue weighted by Gasteiger charge is -2.32. The Labute approximate surface area is 131 Å². The van der Waals surface area contributed by atoms with Gasteiger partial charge in [-0.3, -0.25) is 9.78 Å². The molecular weight excluding hydrogens is 274 g/mol. The van der Waals surface area contributed by atoms with E-state index in [1.165, 1.54) is 25.7 Å². The summed E-state index contributed by atoms with van der Waals surface area (Å²) in [7, 11) is 0. The van der Waals surface area contributed by atoms with Crippen LogP contribution in [0.4, 0.5) is 5.95 Å². The van der Waals surface area contributed by atoms with Crippen molar-refractivity contribution < 1.29 is 0 Å². The first-order chi connectivity index (χ1) is 10.6. The number of fused-ring (bicyclic) bond motifs is 1. The van der Waals surface area contributed by atoms with Crippen LogP contribution in [0.3, 0.4) is 0 Å². The van der Waals surface area contributed by atoms with Gasteiger partial charge in [-0.05, 0) is 36.8 Å². The smallest absolute Gasteiger partial charge is 0.260 e. The molecule has 0 aliphatic carbocycles. The fraction of sp³-hybridized carbons (Fsp3) is 0.556. The van der Waals surface area contributed by atoms with Gasteiger partial charge in [-0.1, -0.05) is 38.8 Å². The number of anilines is 1. The van der Waals surface area contributed by atoms with Gasteiger partial charge in [0.05, 0.1) is 10.9 Å². The van der Waals surface area contributed by atoms with E-state index in [9.17, 15) is 4.79 Å². The molecule has 118 valence electrons. The van der Waals surface area contributed by atoms with E-state index in [4.69, 9.17) is 0 Å². The van der Waals surface area contributed by atoms with Gasteiger partial charge in [0, 0.05) is 13.1 Å². The molecule has 22 heavy (non-hydrogen) atoms. The van der Waals surface area contributed by atoms with E-state index in [1.807, 2.05) is 24.3 Å². The molecule has 1 fully saturated rings. The highest BCUT2D eigenvalue weighted by Gasteiger charge is 2.21. The molecule has 4 heteroatoms. The maximum atomic E-state index is 12.2. The summed E-state index contributed by atoms with van der Waals surface area (Å²) in [5.74, 6) is 2.34. The summed E-state index contributed by atoms with van der Waals surface area (Å²) in [6.07, 6.45) is 5.04. The fourth-order valence-electron chi connectivity index (χ4n) is 3.23. The Bertz CT molecular complexity index is 684. The van der Waals surface area contributed by atoms with Crippen molar-refractivity contribution >= 4 is 16.9 Å². The molecule has 0 spiro atoms. The lowest BCUT2D eigenvalue weighted by Crippen LogP contribution is -2.36. The molecule has 0 saturated carbocycles. The minimum Gasteiger partial charge on any atom is -0.342 e. The average Bonchev–Trinajstić information content (AvgIpc) is 2.53. The van der Waals surface area contributed by atoms with E-state index >= 15 is 0 Å². The number of hydrogen-bond donors (Lipinski definition) is 1. The third-order valence-corrected chi connectivity index (χ3v) is 4.67. The van der Waals surface area contributed by atoms with Crippen molar-refractivity contribution in [3.05, 3.63) is 34.6 Å². The molecule has 4 nitrogen and oxygen atoms in total. The summed E-state index contributed by atoms with van der Waals surface area (Å²) in [5.41, 5.74) is 0.741. The number of H-pyrrole nitrogens is 1.